The third-order valence-corrected chi connectivity index (χ3v) is 3.97. The van der Waals surface area contributed by atoms with Crippen molar-refractivity contribution < 1.29 is 4.42 Å². The van der Waals surface area contributed by atoms with Crippen LogP contribution < -0.4 is 10.6 Å². The molecule has 3 rings (SSSR count). The molecule has 0 spiro atoms. The van der Waals surface area contributed by atoms with E-state index >= 15 is 0 Å². The van der Waals surface area contributed by atoms with E-state index in [-0.39, 0.29) is 24.0 Å². The van der Waals surface area contributed by atoms with Crippen molar-refractivity contribution >= 4 is 29.9 Å². The summed E-state index contributed by atoms with van der Waals surface area (Å²) in [6, 6.07) is 8.33. The zero-order chi connectivity index (χ0) is 18.4. The molecule has 0 radical (unpaired) electrons. The quantitative estimate of drug-likeness (QED) is 0.319. The number of nitrogens with one attached hydrogen (secondary N) is 2. The normalized spacial score (nSPS) is 11.1. The predicted molar refractivity (Wildman–Crippen MR) is 114 cm³/mol. The summed E-state index contributed by atoms with van der Waals surface area (Å²) in [5.74, 6) is 2.19. The number of halogens is 1. The Balaban J connectivity index is 0.00000261. The molecule has 0 amide bonds. The van der Waals surface area contributed by atoms with Gasteiger partial charge in [-0.3, -0.25) is 4.99 Å². The fourth-order valence-corrected chi connectivity index (χ4v) is 2.52. The largest absolute Gasteiger partial charge is 0.444 e. The highest BCUT2D eigenvalue weighted by Gasteiger charge is 2.06. The summed E-state index contributed by atoms with van der Waals surface area (Å²) in [5.41, 5.74) is 3.24. The van der Waals surface area contributed by atoms with E-state index in [0.29, 0.717) is 31.5 Å². The van der Waals surface area contributed by atoms with E-state index in [9.17, 15) is 0 Å². The molecule has 0 bridgehead atoms. The van der Waals surface area contributed by atoms with Gasteiger partial charge in [-0.05, 0) is 25.0 Å². The molecule has 8 nitrogen and oxygen atoms in total. The van der Waals surface area contributed by atoms with Gasteiger partial charge in [0.2, 0.25) is 5.89 Å². The molecular formula is C18H24IN7O. The Labute approximate surface area is 175 Å². The summed E-state index contributed by atoms with van der Waals surface area (Å²) in [6.45, 7) is 5.69. The number of guanidine groups is 1. The van der Waals surface area contributed by atoms with Gasteiger partial charge in [0, 0.05) is 13.6 Å². The van der Waals surface area contributed by atoms with Crippen molar-refractivity contribution in [2.75, 3.05) is 7.05 Å². The molecule has 0 saturated heterocycles. The molecule has 2 heterocycles. The van der Waals surface area contributed by atoms with E-state index in [2.05, 4.69) is 48.9 Å². The highest BCUT2D eigenvalue weighted by molar-refractivity contribution is 14.0. The second-order valence-electron chi connectivity index (χ2n) is 5.94. The predicted octanol–water partition coefficient (Wildman–Crippen LogP) is 2.41. The van der Waals surface area contributed by atoms with E-state index in [1.807, 2.05) is 19.9 Å². The van der Waals surface area contributed by atoms with Crippen LogP contribution in [0.1, 0.15) is 28.5 Å². The minimum absolute atomic E-state index is 0. The van der Waals surface area contributed by atoms with Crippen LogP contribution in [-0.2, 0) is 19.6 Å². The first-order chi connectivity index (χ1) is 12.6. The molecule has 2 N–H and O–H groups in total. The number of benzene rings is 1. The molecule has 2 aromatic heterocycles. The van der Waals surface area contributed by atoms with Gasteiger partial charge in [0.15, 0.2) is 5.96 Å². The summed E-state index contributed by atoms with van der Waals surface area (Å²) in [4.78, 5) is 12.6. The van der Waals surface area contributed by atoms with Crippen molar-refractivity contribution in [1.82, 2.24) is 30.4 Å². The molecule has 1 aromatic carbocycles. The number of aromatic nitrogens is 4. The smallest absolute Gasteiger partial charge is 0.214 e. The number of nitrogens with zero attached hydrogens (tertiary/aromatic N) is 5. The van der Waals surface area contributed by atoms with Crippen molar-refractivity contribution in [3.63, 3.8) is 0 Å². The van der Waals surface area contributed by atoms with Gasteiger partial charge in [-0.1, -0.05) is 24.3 Å². The molecule has 0 aliphatic rings. The molecule has 3 aromatic rings. The van der Waals surface area contributed by atoms with Crippen LogP contribution >= 0.6 is 24.0 Å². The zero-order valence-electron chi connectivity index (χ0n) is 15.6. The Morgan fingerprint density at radius 1 is 1.19 bits per heavy atom. The van der Waals surface area contributed by atoms with Gasteiger partial charge in [0.05, 0.1) is 18.8 Å². The molecule has 27 heavy (non-hydrogen) atoms. The Hall–Kier alpha value is -2.43. The van der Waals surface area contributed by atoms with Gasteiger partial charge in [-0.2, -0.15) is 5.10 Å². The third-order valence-electron chi connectivity index (χ3n) is 3.97. The molecule has 0 saturated carbocycles. The molecule has 0 aliphatic carbocycles. The van der Waals surface area contributed by atoms with E-state index in [4.69, 9.17) is 4.42 Å². The number of aliphatic imine (C=N–C) groups is 1. The fraction of sp³-hybridized carbons (Fsp3) is 0.333. The van der Waals surface area contributed by atoms with E-state index in [1.54, 1.807) is 18.1 Å². The molecule has 0 aliphatic heterocycles. The highest BCUT2D eigenvalue weighted by Crippen LogP contribution is 2.08. The number of aryl methyl sites for hydroxylation is 2. The monoisotopic (exact) mass is 481 g/mol. The summed E-state index contributed by atoms with van der Waals surface area (Å²) in [7, 11) is 1.74. The van der Waals surface area contributed by atoms with Crippen LogP contribution in [0.3, 0.4) is 0 Å². The fourth-order valence-electron chi connectivity index (χ4n) is 2.52. The minimum Gasteiger partial charge on any atom is -0.444 e. The van der Waals surface area contributed by atoms with Gasteiger partial charge in [-0.25, -0.2) is 14.6 Å². The maximum absolute atomic E-state index is 5.57. The third kappa shape index (κ3) is 6.05. The maximum Gasteiger partial charge on any atom is 0.214 e. The van der Waals surface area contributed by atoms with Gasteiger partial charge < -0.3 is 15.1 Å². The van der Waals surface area contributed by atoms with Crippen LogP contribution in [0.5, 0.6) is 0 Å². The standard InChI is InChI=1S/C18H23N7O.HI/c1-13-14(2)26-17(24-13)9-22-18(19-3)21-8-15-5-4-6-16(7-15)10-25-12-20-11-23-25;/h4-7,11-12H,8-10H2,1-3H3,(H2,19,21,22);1H. The first-order valence-electron chi connectivity index (χ1n) is 8.41. The molecule has 9 heteroatoms. The maximum atomic E-state index is 5.57. The Bertz CT molecular complexity index is 854. The summed E-state index contributed by atoms with van der Waals surface area (Å²) in [6.07, 6.45) is 3.25. The van der Waals surface area contributed by atoms with Crippen LogP contribution in [0.2, 0.25) is 0 Å². The van der Waals surface area contributed by atoms with Crippen LogP contribution in [0.15, 0.2) is 46.3 Å². The summed E-state index contributed by atoms with van der Waals surface area (Å²) < 4.78 is 7.37. The van der Waals surface area contributed by atoms with Gasteiger partial charge >= 0.3 is 0 Å². The van der Waals surface area contributed by atoms with Crippen molar-refractivity contribution in [3.05, 3.63) is 65.4 Å². The molecule has 0 unspecified atom stereocenters. The Morgan fingerprint density at radius 3 is 2.63 bits per heavy atom. The van der Waals surface area contributed by atoms with Crippen LogP contribution in [-0.4, -0.2) is 32.8 Å². The molecule has 0 fully saturated rings. The molecule has 0 atom stereocenters. The van der Waals surface area contributed by atoms with Crippen LogP contribution in [0.4, 0.5) is 0 Å². The van der Waals surface area contributed by atoms with E-state index in [1.165, 1.54) is 11.9 Å². The van der Waals surface area contributed by atoms with Crippen molar-refractivity contribution in [1.29, 1.82) is 0 Å². The number of hydrogen-bond acceptors (Lipinski definition) is 5. The second-order valence-corrected chi connectivity index (χ2v) is 5.94. The lowest BCUT2D eigenvalue weighted by molar-refractivity contribution is 0.463. The van der Waals surface area contributed by atoms with Crippen LogP contribution in [0.25, 0.3) is 0 Å². The first-order valence-corrected chi connectivity index (χ1v) is 8.41. The average molecular weight is 481 g/mol. The highest BCUT2D eigenvalue weighted by atomic mass is 127. The van der Waals surface area contributed by atoms with Crippen molar-refractivity contribution in [2.24, 2.45) is 4.99 Å². The average Bonchev–Trinajstić information content (AvgIpc) is 3.25. The number of oxazole rings is 1. The lowest BCUT2D eigenvalue weighted by atomic mass is 10.1. The Kier molecular flexibility index (Phi) is 7.77. The first kappa shape index (κ1) is 20.9. The molecule has 144 valence electrons. The SMILES string of the molecule is CN=C(NCc1cccc(Cn2cncn2)c1)NCc1nc(C)c(C)o1.I. The minimum atomic E-state index is 0. The van der Waals surface area contributed by atoms with Crippen LogP contribution in [0, 0.1) is 13.8 Å². The van der Waals surface area contributed by atoms with Crippen molar-refractivity contribution in [2.45, 2.75) is 33.5 Å². The zero-order valence-corrected chi connectivity index (χ0v) is 18.0. The van der Waals surface area contributed by atoms with Crippen molar-refractivity contribution in [3.8, 4) is 0 Å². The van der Waals surface area contributed by atoms with E-state index in [0.717, 1.165) is 17.0 Å². The number of rotatable bonds is 6. The van der Waals surface area contributed by atoms with Gasteiger partial charge in [0.1, 0.15) is 18.4 Å². The summed E-state index contributed by atoms with van der Waals surface area (Å²) in [5, 5.41) is 10.6. The van der Waals surface area contributed by atoms with Gasteiger partial charge in [-0.15, -0.1) is 24.0 Å². The lowest BCUT2D eigenvalue weighted by Gasteiger charge is -2.11. The summed E-state index contributed by atoms with van der Waals surface area (Å²) >= 11 is 0. The Morgan fingerprint density at radius 2 is 1.96 bits per heavy atom. The molecular weight excluding hydrogens is 457 g/mol. The lowest BCUT2D eigenvalue weighted by Crippen LogP contribution is -2.36. The second kappa shape index (κ2) is 10.0. The van der Waals surface area contributed by atoms with Gasteiger partial charge in [0.25, 0.3) is 0 Å². The number of hydrogen-bond donors (Lipinski definition) is 2. The van der Waals surface area contributed by atoms with E-state index < -0.39 is 0 Å². The topological polar surface area (TPSA) is 93.2 Å².